The summed E-state index contributed by atoms with van der Waals surface area (Å²) in [6.45, 7) is 7.57. The number of rotatable bonds is 10. The van der Waals surface area contributed by atoms with Crippen molar-refractivity contribution in [1.29, 1.82) is 5.26 Å². The van der Waals surface area contributed by atoms with Crippen molar-refractivity contribution in [3.8, 4) is 11.9 Å². The molecule has 0 spiro atoms. The topological polar surface area (TPSA) is 181 Å². The number of nitrogens with two attached hydrogens (primary N) is 1. The van der Waals surface area contributed by atoms with Crippen LogP contribution in [0.1, 0.15) is 48.9 Å². The van der Waals surface area contributed by atoms with Gasteiger partial charge in [-0.3, -0.25) is 0 Å². The molecular weight excluding hydrogens is 646 g/mol. The summed E-state index contributed by atoms with van der Waals surface area (Å²) in [6.07, 6.45) is 4.99. The van der Waals surface area contributed by atoms with Crippen molar-refractivity contribution < 1.29 is 18.7 Å². The van der Waals surface area contributed by atoms with E-state index in [-0.39, 0.29) is 30.6 Å². The zero-order valence-corrected chi connectivity index (χ0v) is 28.3. The Labute approximate surface area is 293 Å². The molecule has 0 aliphatic carbocycles. The number of fused-ring (bicyclic) bond motifs is 3. The van der Waals surface area contributed by atoms with Crippen LogP contribution in [-0.2, 0) is 17.9 Å². The van der Waals surface area contributed by atoms with Crippen LogP contribution in [0.2, 0.25) is 0 Å². The molecule has 6 aromatic rings. The minimum absolute atomic E-state index is 0.0960. The maximum Gasteiger partial charge on any atom is 0.407 e. The van der Waals surface area contributed by atoms with E-state index in [1.165, 1.54) is 6.33 Å². The van der Waals surface area contributed by atoms with E-state index in [1.54, 1.807) is 6.08 Å². The second-order valence-corrected chi connectivity index (χ2v) is 12.6. The molecule has 13 nitrogen and oxygen atoms in total. The number of benzene rings is 3. The Hall–Kier alpha value is -6.68. The lowest BCUT2D eigenvalue weighted by molar-refractivity contribution is 0.147. The number of nitrogens with zero attached hydrogens (tertiary/aromatic N) is 6. The number of anilines is 2. The number of nitrogens with one attached hydrogen (secondary N) is 2. The number of aromatic amines is 1. The van der Waals surface area contributed by atoms with Gasteiger partial charge in [0.25, 0.3) is 0 Å². The number of allylic oxidation sites excluding steroid dienone is 2. The molecule has 0 radical (unpaired) electrons. The van der Waals surface area contributed by atoms with Gasteiger partial charge in [-0.2, -0.15) is 15.2 Å². The molecule has 1 amide bonds. The van der Waals surface area contributed by atoms with Crippen molar-refractivity contribution in [2.24, 2.45) is 0 Å². The number of imidazole rings is 1. The molecule has 0 atom stereocenters. The molecule has 13 heteroatoms. The molecule has 0 fully saturated rings. The number of carbonyl (C=O) groups is 1. The van der Waals surface area contributed by atoms with Crippen LogP contribution in [-0.4, -0.2) is 49.7 Å². The number of H-pyrrole nitrogens is 1. The highest BCUT2D eigenvalue weighted by molar-refractivity contribution is 5.91. The third kappa shape index (κ3) is 7.06. The van der Waals surface area contributed by atoms with E-state index in [1.807, 2.05) is 60.7 Å². The molecule has 7 rings (SSSR count). The lowest BCUT2D eigenvalue weighted by Crippen LogP contribution is -2.47. The van der Waals surface area contributed by atoms with Crippen molar-refractivity contribution in [3.63, 3.8) is 0 Å². The predicted octanol–water partition coefficient (Wildman–Crippen LogP) is 6.65. The molecular formula is C38H35N9O4. The van der Waals surface area contributed by atoms with Crippen LogP contribution in [0.5, 0.6) is 5.88 Å². The van der Waals surface area contributed by atoms with Crippen molar-refractivity contribution in [1.82, 2.24) is 30.2 Å². The first-order valence-corrected chi connectivity index (χ1v) is 16.3. The summed E-state index contributed by atoms with van der Waals surface area (Å²) in [4.78, 5) is 34.7. The maximum atomic E-state index is 12.6. The van der Waals surface area contributed by atoms with Gasteiger partial charge in [0.05, 0.1) is 18.4 Å². The number of carbonyl (C=O) groups excluding carboxylic acids is 1. The number of ether oxygens (including phenoxy) is 2. The summed E-state index contributed by atoms with van der Waals surface area (Å²) in [5.41, 5.74) is 14.0. The molecule has 1 aliphatic heterocycles. The van der Waals surface area contributed by atoms with E-state index < -0.39 is 6.09 Å². The highest BCUT2D eigenvalue weighted by Gasteiger charge is 2.31. The molecule has 4 N–H and O–H groups in total. The van der Waals surface area contributed by atoms with Gasteiger partial charge >= 0.3 is 6.09 Å². The van der Waals surface area contributed by atoms with Gasteiger partial charge in [-0.1, -0.05) is 48.5 Å². The number of nitrogen functional groups attached to an aromatic ring is 1. The van der Waals surface area contributed by atoms with Crippen LogP contribution in [0.25, 0.3) is 39.5 Å². The van der Waals surface area contributed by atoms with Gasteiger partial charge in [0.2, 0.25) is 17.7 Å². The summed E-state index contributed by atoms with van der Waals surface area (Å²) in [5, 5.41) is 12.7. The number of amides is 1. The number of nitriles is 1. The molecule has 3 aromatic carbocycles. The Morgan fingerprint density at radius 2 is 1.90 bits per heavy atom. The number of oxazole rings is 1. The fourth-order valence-corrected chi connectivity index (χ4v) is 6.18. The van der Waals surface area contributed by atoms with Crippen LogP contribution < -0.4 is 20.7 Å². The normalized spacial score (nSPS) is 13.8. The fraction of sp³-hybridized carbons (Fsp3) is 0.211. The van der Waals surface area contributed by atoms with Crippen LogP contribution in [0.4, 0.5) is 16.4 Å². The van der Waals surface area contributed by atoms with Crippen molar-refractivity contribution >= 4 is 57.2 Å². The van der Waals surface area contributed by atoms with Gasteiger partial charge < -0.3 is 34.8 Å². The Balaban J connectivity index is 0.941. The standard InChI is InChI=1S/C38H35N9O4/c1-23-18-38(2,3)47(30-13-12-26(17-28(23)30)16-27(19-39)34-44-29-6-4-5-7-31(29)51-34)14-15-49-37(48)41-20-24-8-10-25(11-9-24)21-50-35-32-33(43-22-42-32)45-36(40)46-35/h4-13,16-18,22H,14-15,20-21H2,1-3H3,(H,41,48)(H3,40,42,43,45,46)/b27-16+. The Morgan fingerprint density at radius 1 is 1.10 bits per heavy atom. The smallest absolute Gasteiger partial charge is 0.407 e. The summed E-state index contributed by atoms with van der Waals surface area (Å²) in [6, 6.07) is 23.4. The average molecular weight is 682 g/mol. The van der Waals surface area contributed by atoms with E-state index >= 15 is 0 Å². The first-order chi connectivity index (χ1) is 24.7. The van der Waals surface area contributed by atoms with Crippen molar-refractivity contribution in [3.05, 3.63) is 107 Å². The lowest BCUT2D eigenvalue weighted by atomic mass is 9.88. The van der Waals surface area contributed by atoms with Crippen LogP contribution in [0, 0.1) is 11.3 Å². The van der Waals surface area contributed by atoms with Crippen LogP contribution >= 0.6 is 0 Å². The predicted molar refractivity (Wildman–Crippen MR) is 194 cm³/mol. The Bertz CT molecular complexity index is 2320. The van der Waals surface area contributed by atoms with Crippen molar-refractivity contribution in [2.45, 2.75) is 39.5 Å². The molecule has 0 saturated heterocycles. The van der Waals surface area contributed by atoms with E-state index in [0.717, 1.165) is 33.5 Å². The maximum absolute atomic E-state index is 12.6. The Morgan fingerprint density at radius 3 is 2.71 bits per heavy atom. The zero-order valence-electron chi connectivity index (χ0n) is 28.3. The second-order valence-electron chi connectivity index (χ2n) is 12.6. The van der Waals surface area contributed by atoms with E-state index in [2.05, 4.69) is 74.1 Å². The molecule has 256 valence electrons. The number of alkyl carbamates (subject to hydrolysis) is 1. The number of hydrogen-bond donors (Lipinski definition) is 3. The quantitative estimate of drug-likeness (QED) is 0.132. The van der Waals surface area contributed by atoms with Gasteiger partial charge in [-0.05, 0) is 73.4 Å². The highest BCUT2D eigenvalue weighted by Crippen LogP contribution is 2.39. The first-order valence-electron chi connectivity index (χ1n) is 16.3. The molecule has 51 heavy (non-hydrogen) atoms. The SMILES string of the molecule is CC1=CC(C)(C)N(CCOC(=O)NCc2ccc(COc3nc(N)nc4[nH]cnc34)cc2)c2ccc(/C=C(\C#N)c3nc4ccccc4o3)cc21. The second kappa shape index (κ2) is 13.7. The van der Waals surface area contributed by atoms with Gasteiger partial charge in [0.1, 0.15) is 30.4 Å². The molecule has 0 unspecified atom stereocenters. The van der Waals surface area contributed by atoms with Crippen LogP contribution in [0.3, 0.4) is 0 Å². The number of hydrogen-bond acceptors (Lipinski definition) is 11. The highest BCUT2D eigenvalue weighted by atomic mass is 16.5. The third-order valence-electron chi connectivity index (χ3n) is 8.61. The molecule has 0 saturated carbocycles. The van der Waals surface area contributed by atoms with Gasteiger partial charge in [-0.15, -0.1) is 0 Å². The fourth-order valence-electron chi connectivity index (χ4n) is 6.18. The molecule has 1 aliphatic rings. The van der Waals surface area contributed by atoms with Crippen LogP contribution in [0.15, 0.2) is 83.6 Å². The summed E-state index contributed by atoms with van der Waals surface area (Å²) in [7, 11) is 0. The summed E-state index contributed by atoms with van der Waals surface area (Å²) < 4.78 is 17.3. The Kier molecular flexibility index (Phi) is 8.81. The number of aromatic nitrogens is 5. The summed E-state index contributed by atoms with van der Waals surface area (Å²) >= 11 is 0. The van der Waals surface area contributed by atoms with E-state index in [4.69, 9.17) is 19.6 Å². The minimum Gasteiger partial charge on any atom is -0.471 e. The lowest BCUT2D eigenvalue weighted by Gasteiger charge is -2.43. The third-order valence-corrected chi connectivity index (χ3v) is 8.61. The molecule has 0 bridgehead atoms. The van der Waals surface area contributed by atoms with Gasteiger partial charge in [-0.25, -0.2) is 14.8 Å². The zero-order chi connectivity index (χ0) is 35.5. The van der Waals surface area contributed by atoms with Gasteiger partial charge in [0, 0.05) is 17.8 Å². The van der Waals surface area contributed by atoms with E-state index in [9.17, 15) is 10.1 Å². The molecule has 4 heterocycles. The average Bonchev–Trinajstić information content (AvgIpc) is 3.78. The largest absolute Gasteiger partial charge is 0.471 e. The monoisotopic (exact) mass is 681 g/mol. The molecule has 3 aromatic heterocycles. The van der Waals surface area contributed by atoms with Crippen molar-refractivity contribution in [2.75, 3.05) is 23.8 Å². The first kappa shape index (κ1) is 32.8. The van der Waals surface area contributed by atoms with E-state index in [0.29, 0.717) is 46.8 Å². The number of para-hydroxylation sites is 2. The van der Waals surface area contributed by atoms with Gasteiger partial charge in [0.15, 0.2) is 16.7 Å². The summed E-state index contributed by atoms with van der Waals surface area (Å²) in [5.74, 6) is 0.684. The minimum atomic E-state index is -0.503.